The van der Waals surface area contributed by atoms with Crippen LogP contribution in [-0.4, -0.2) is 19.0 Å². The molecule has 0 bridgehead atoms. The molecule has 0 heterocycles. The van der Waals surface area contributed by atoms with Crippen LogP contribution in [0.3, 0.4) is 0 Å². The molecule has 0 aromatic heterocycles. The summed E-state index contributed by atoms with van der Waals surface area (Å²) < 4.78 is 0. The summed E-state index contributed by atoms with van der Waals surface area (Å²) in [5.74, 6) is 0.564. The molecule has 1 heteroatoms. The standard InChI is InChI=1S/C18H21N/c1-19(2)18-13-12-15(14-8-4-3-5-9-14)16-10-6-7-11-17(16)18/h3-11,15,18H,12-13H2,1-2H3/t15-,18+/m0/s1. The molecule has 2 aromatic rings. The first-order chi connectivity index (χ1) is 9.27. The Hall–Kier alpha value is -1.60. The maximum Gasteiger partial charge on any atom is 0.0345 e. The van der Waals surface area contributed by atoms with Crippen LogP contribution in [-0.2, 0) is 0 Å². The summed E-state index contributed by atoms with van der Waals surface area (Å²) in [4.78, 5) is 2.35. The van der Waals surface area contributed by atoms with Gasteiger partial charge in [0.15, 0.2) is 0 Å². The molecule has 98 valence electrons. The van der Waals surface area contributed by atoms with Gasteiger partial charge in [0.2, 0.25) is 0 Å². The fourth-order valence-corrected chi connectivity index (χ4v) is 3.34. The third-order valence-corrected chi connectivity index (χ3v) is 4.28. The molecule has 19 heavy (non-hydrogen) atoms. The average molecular weight is 251 g/mol. The lowest BCUT2D eigenvalue weighted by atomic mass is 9.76. The van der Waals surface area contributed by atoms with Crippen molar-refractivity contribution < 1.29 is 0 Å². The maximum atomic E-state index is 2.35. The largest absolute Gasteiger partial charge is 0.302 e. The summed E-state index contributed by atoms with van der Waals surface area (Å²) in [6.45, 7) is 0. The molecule has 0 saturated heterocycles. The lowest BCUT2D eigenvalue weighted by Gasteiger charge is -2.35. The molecular formula is C18H21N. The molecule has 0 unspecified atom stereocenters. The van der Waals surface area contributed by atoms with E-state index in [1.165, 1.54) is 29.5 Å². The molecule has 3 rings (SSSR count). The smallest absolute Gasteiger partial charge is 0.0345 e. The second kappa shape index (κ2) is 5.18. The average Bonchev–Trinajstić information content (AvgIpc) is 2.47. The number of fused-ring (bicyclic) bond motifs is 1. The highest BCUT2D eigenvalue weighted by atomic mass is 15.1. The van der Waals surface area contributed by atoms with Crippen LogP contribution in [0.15, 0.2) is 54.6 Å². The molecule has 0 saturated carbocycles. The van der Waals surface area contributed by atoms with E-state index >= 15 is 0 Å². The van der Waals surface area contributed by atoms with E-state index in [9.17, 15) is 0 Å². The van der Waals surface area contributed by atoms with E-state index in [1.807, 2.05) is 0 Å². The lowest BCUT2D eigenvalue weighted by molar-refractivity contribution is 0.263. The van der Waals surface area contributed by atoms with Crippen LogP contribution < -0.4 is 0 Å². The summed E-state index contributed by atoms with van der Waals surface area (Å²) in [5, 5.41) is 0. The number of nitrogens with zero attached hydrogens (tertiary/aromatic N) is 1. The molecule has 1 nitrogen and oxygen atoms in total. The van der Waals surface area contributed by atoms with Crippen LogP contribution in [0, 0.1) is 0 Å². The monoisotopic (exact) mass is 251 g/mol. The first kappa shape index (κ1) is 12.4. The molecule has 0 fully saturated rings. The minimum Gasteiger partial charge on any atom is -0.302 e. The van der Waals surface area contributed by atoms with Crippen molar-refractivity contribution in [3.8, 4) is 0 Å². The normalized spacial score (nSPS) is 22.3. The zero-order valence-corrected chi connectivity index (χ0v) is 11.7. The van der Waals surface area contributed by atoms with Crippen molar-refractivity contribution in [3.63, 3.8) is 0 Å². The number of hydrogen-bond donors (Lipinski definition) is 0. The topological polar surface area (TPSA) is 3.24 Å². The van der Waals surface area contributed by atoms with Crippen molar-refractivity contribution in [3.05, 3.63) is 71.3 Å². The Bertz CT molecular complexity index is 545. The zero-order chi connectivity index (χ0) is 13.2. The van der Waals surface area contributed by atoms with E-state index in [0.717, 1.165) is 0 Å². The van der Waals surface area contributed by atoms with E-state index < -0.39 is 0 Å². The maximum absolute atomic E-state index is 2.35. The van der Waals surface area contributed by atoms with Crippen LogP contribution in [0.4, 0.5) is 0 Å². The Labute approximate surface area is 115 Å². The van der Waals surface area contributed by atoms with Crippen LogP contribution in [0.1, 0.15) is 41.5 Å². The Balaban J connectivity index is 2.04. The lowest BCUT2D eigenvalue weighted by Crippen LogP contribution is -2.26. The predicted molar refractivity (Wildman–Crippen MR) is 80.4 cm³/mol. The van der Waals surface area contributed by atoms with Gasteiger partial charge in [-0.25, -0.2) is 0 Å². The van der Waals surface area contributed by atoms with Gasteiger partial charge in [-0.2, -0.15) is 0 Å². The predicted octanol–water partition coefficient (Wildman–Crippen LogP) is 4.22. The molecule has 0 aliphatic heterocycles. The Kier molecular flexibility index (Phi) is 3.39. The summed E-state index contributed by atoms with van der Waals surface area (Å²) in [6.07, 6.45) is 2.48. The number of hydrogen-bond acceptors (Lipinski definition) is 1. The van der Waals surface area contributed by atoms with Crippen molar-refractivity contribution in [2.75, 3.05) is 14.1 Å². The van der Waals surface area contributed by atoms with Crippen LogP contribution in [0.5, 0.6) is 0 Å². The van der Waals surface area contributed by atoms with Gasteiger partial charge in [-0.15, -0.1) is 0 Å². The quantitative estimate of drug-likeness (QED) is 0.772. The van der Waals surface area contributed by atoms with E-state index in [0.29, 0.717) is 12.0 Å². The summed E-state index contributed by atoms with van der Waals surface area (Å²) in [7, 11) is 4.37. The third-order valence-electron chi connectivity index (χ3n) is 4.28. The molecule has 2 aromatic carbocycles. The van der Waals surface area contributed by atoms with Gasteiger partial charge < -0.3 is 4.90 Å². The van der Waals surface area contributed by atoms with Gasteiger partial charge >= 0.3 is 0 Å². The van der Waals surface area contributed by atoms with Gasteiger partial charge in [-0.1, -0.05) is 54.6 Å². The Morgan fingerprint density at radius 1 is 0.789 bits per heavy atom. The van der Waals surface area contributed by atoms with Gasteiger partial charge in [-0.3, -0.25) is 0 Å². The first-order valence-corrected chi connectivity index (χ1v) is 7.07. The molecule has 0 amide bonds. The van der Waals surface area contributed by atoms with Gasteiger partial charge in [0, 0.05) is 12.0 Å². The van der Waals surface area contributed by atoms with Crippen LogP contribution >= 0.6 is 0 Å². The van der Waals surface area contributed by atoms with E-state index in [2.05, 4.69) is 73.6 Å². The second-order valence-corrected chi connectivity index (χ2v) is 5.65. The van der Waals surface area contributed by atoms with Gasteiger partial charge in [0.25, 0.3) is 0 Å². The summed E-state index contributed by atoms with van der Waals surface area (Å²) in [6, 6.07) is 20.4. The van der Waals surface area contributed by atoms with Crippen molar-refractivity contribution in [1.29, 1.82) is 0 Å². The van der Waals surface area contributed by atoms with E-state index in [-0.39, 0.29) is 0 Å². The van der Waals surface area contributed by atoms with Crippen molar-refractivity contribution >= 4 is 0 Å². The highest BCUT2D eigenvalue weighted by molar-refractivity contribution is 5.41. The molecule has 1 aliphatic carbocycles. The van der Waals surface area contributed by atoms with Crippen molar-refractivity contribution in [2.45, 2.75) is 24.8 Å². The SMILES string of the molecule is CN(C)[C@@H]1CC[C@@H](c2ccccc2)c2ccccc21. The van der Waals surface area contributed by atoms with Crippen molar-refractivity contribution in [1.82, 2.24) is 4.90 Å². The van der Waals surface area contributed by atoms with E-state index in [1.54, 1.807) is 0 Å². The number of benzene rings is 2. The third kappa shape index (κ3) is 2.31. The fraction of sp³-hybridized carbons (Fsp3) is 0.333. The molecule has 0 radical (unpaired) electrons. The first-order valence-electron chi connectivity index (χ1n) is 7.07. The number of rotatable bonds is 2. The van der Waals surface area contributed by atoms with Gasteiger partial charge in [-0.05, 0) is 43.6 Å². The van der Waals surface area contributed by atoms with E-state index in [4.69, 9.17) is 0 Å². The Morgan fingerprint density at radius 3 is 2.11 bits per heavy atom. The molecule has 1 aliphatic rings. The summed E-state index contributed by atoms with van der Waals surface area (Å²) in [5.41, 5.74) is 4.47. The second-order valence-electron chi connectivity index (χ2n) is 5.65. The highest BCUT2D eigenvalue weighted by Gasteiger charge is 2.28. The zero-order valence-electron chi connectivity index (χ0n) is 11.7. The van der Waals surface area contributed by atoms with Gasteiger partial charge in [0.1, 0.15) is 0 Å². The molecule has 2 atom stereocenters. The van der Waals surface area contributed by atoms with Crippen LogP contribution in [0.2, 0.25) is 0 Å². The fourth-order valence-electron chi connectivity index (χ4n) is 3.34. The summed E-state index contributed by atoms with van der Waals surface area (Å²) >= 11 is 0. The minimum atomic E-state index is 0.564. The van der Waals surface area contributed by atoms with Gasteiger partial charge in [0.05, 0.1) is 0 Å². The molecule has 0 N–H and O–H groups in total. The van der Waals surface area contributed by atoms with Crippen molar-refractivity contribution in [2.24, 2.45) is 0 Å². The molecular weight excluding hydrogens is 230 g/mol. The van der Waals surface area contributed by atoms with Crippen LogP contribution in [0.25, 0.3) is 0 Å². The minimum absolute atomic E-state index is 0.564. The highest BCUT2D eigenvalue weighted by Crippen LogP contribution is 2.42. The Morgan fingerprint density at radius 2 is 1.42 bits per heavy atom. The molecule has 0 spiro atoms.